The van der Waals surface area contributed by atoms with Crippen molar-refractivity contribution in [1.29, 1.82) is 0 Å². The van der Waals surface area contributed by atoms with Gasteiger partial charge in [-0.25, -0.2) is 4.98 Å². The van der Waals surface area contributed by atoms with Crippen molar-refractivity contribution in [3.05, 3.63) is 27.9 Å². The molecule has 0 saturated carbocycles. The van der Waals surface area contributed by atoms with Crippen molar-refractivity contribution in [2.45, 2.75) is 13.2 Å². The Balaban J connectivity index is 2.90. The molecule has 1 aromatic heterocycles. The van der Waals surface area contributed by atoms with E-state index in [2.05, 4.69) is 9.97 Å². The number of nitrogens with one attached hydrogen (secondary N) is 1. The van der Waals surface area contributed by atoms with Gasteiger partial charge in [0.1, 0.15) is 5.82 Å². The molecule has 0 aliphatic rings. The van der Waals surface area contributed by atoms with Crippen LogP contribution in [0.1, 0.15) is 11.4 Å². The number of aliphatic hydroxyl groups excluding tert-OH is 1. The lowest BCUT2D eigenvalue weighted by Crippen LogP contribution is -2.20. The molecule has 5 nitrogen and oxygen atoms in total. The first-order chi connectivity index (χ1) is 6.13. The summed E-state index contributed by atoms with van der Waals surface area (Å²) in [5.41, 5.74) is 0.0249. The first-order valence-electron chi connectivity index (χ1n) is 3.96. The fraction of sp³-hybridized carbons (Fsp3) is 0.500. The van der Waals surface area contributed by atoms with Crippen molar-refractivity contribution < 1.29 is 5.11 Å². The van der Waals surface area contributed by atoms with Crippen LogP contribution in [0.3, 0.4) is 0 Å². The summed E-state index contributed by atoms with van der Waals surface area (Å²) in [4.78, 5) is 19.7. The third kappa shape index (κ3) is 2.64. The third-order valence-corrected chi connectivity index (χ3v) is 1.56. The van der Waals surface area contributed by atoms with E-state index in [1.54, 1.807) is 0 Å². The Bertz CT molecular complexity index is 332. The number of aromatic nitrogens is 2. The number of rotatable bonds is 3. The molecule has 0 aliphatic heterocycles. The Hall–Kier alpha value is -1.20. The molecule has 0 aliphatic carbocycles. The molecule has 0 unspecified atom stereocenters. The standard InChI is InChI=1S/C8H13N3O2/c1-11(2)4-7-9-3-6(5-12)8(13)10-7/h3,12H,4-5H2,1-2H3,(H,9,10,13). The van der Waals surface area contributed by atoms with E-state index in [0.717, 1.165) is 0 Å². The van der Waals surface area contributed by atoms with Crippen molar-refractivity contribution in [2.75, 3.05) is 14.1 Å². The Labute approximate surface area is 76.0 Å². The number of nitrogens with zero attached hydrogens (tertiary/aromatic N) is 2. The van der Waals surface area contributed by atoms with Crippen LogP contribution in [0.25, 0.3) is 0 Å². The first kappa shape index (κ1) is 9.88. The molecule has 72 valence electrons. The van der Waals surface area contributed by atoms with Gasteiger partial charge in [0.25, 0.3) is 5.56 Å². The van der Waals surface area contributed by atoms with Gasteiger partial charge in [-0.2, -0.15) is 0 Å². The molecule has 1 rings (SSSR count). The van der Waals surface area contributed by atoms with Crippen LogP contribution < -0.4 is 5.56 Å². The van der Waals surface area contributed by atoms with E-state index in [-0.39, 0.29) is 12.2 Å². The average molecular weight is 183 g/mol. The zero-order valence-electron chi connectivity index (χ0n) is 7.74. The summed E-state index contributed by atoms with van der Waals surface area (Å²) in [6.45, 7) is 0.311. The maximum absolute atomic E-state index is 11.2. The quantitative estimate of drug-likeness (QED) is 0.651. The number of aromatic amines is 1. The van der Waals surface area contributed by atoms with Gasteiger partial charge in [0, 0.05) is 6.20 Å². The highest BCUT2D eigenvalue weighted by Gasteiger charge is 2.01. The van der Waals surface area contributed by atoms with E-state index in [0.29, 0.717) is 17.9 Å². The summed E-state index contributed by atoms with van der Waals surface area (Å²) < 4.78 is 0. The van der Waals surface area contributed by atoms with E-state index in [9.17, 15) is 4.79 Å². The van der Waals surface area contributed by atoms with Gasteiger partial charge in [-0.3, -0.25) is 4.79 Å². The predicted molar refractivity (Wildman–Crippen MR) is 48.2 cm³/mol. The Morgan fingerprint density at radius 3 is 2.77 bits per heavy atom. The summed E-state index contributed by atoms with van der Waals surface area (Å²) in [6, 6.07) is 0. The van der Waals surface area contributed by atoms with E-state index in [1.807, 2.05) is 19.0 Å². The molecular weight excluding hydrogens is 170 g/mol. The lowest BCUT2D eigenvalue weighted by atomic mass is 10.3. The summed E-state index contributed by atoms with van der Waals surface area (Å²) in [7, 11) is 3.78. The first-order valence-corrected chi connectivity index (χ1v) is 3.96. The van der Waals surface area contributed by atoms with Crippen LogP contribution in [-0.4, -0.2) is 34.1 Å². The summed E-state index contributed by atoms with van der Waals surface area (Å²) in [6.07, 6.45) is 1.40. The molecule has 0 radical (unpaired) electrons. The number of hydrogen-bond donors (Lipinski definition) is 2. The third-order valence-electron chi connectivity index (χ3n) is 1.56. The van der Waals surface area contributed by atoms with Gasteiger partial charge in [-0.15, -0.1) is 0 Å². The second-order valence-electron chi connectivity index (χ2n) is 3.08. The fourth-order valence-electron chi connectivity index (χ4n) is 0.951. The number of hydrogen-bond acceptors (Lipinski definition) is 4. The van der Waals surface area contributed by atoms with Gasteiger partial charge >= 0.3 is 0 Å². The van der Waals surface area contributed by atoms with Crippen LogP contribution in [0, 0.1) is 0 Å². The Morgan fingerprint density at radius 1 is 1.62 bits per heavy atom. The highest BCUT2D eigenvalue weighted by atomic mass is 16.3. The van der Waals surface area contributed by atoms with Crippen LogP contribution in [-0.2, 0) is 13.2 Å². The molecule has 0 spiro atoms. The van der Waals surface area contributed by atoms with Crippen molar-refractivity contribution in [1.82, 2.24) is 14.9 Å². The van der Waals surface area contributed by atoms with Crippen molar-refractivity contribution >= 4 is 0 Å². The van der Waals surface area contributed by atoms with Crippen LogP contribution in [0.2, 0.25) is 0 Å². The number of H-pyrrole nitrogens is 1. The van der Waals surface area contributed by atoms with Crippen molar-refractivity contribution in [3.63, 3.8) is 0 Å². The minimum Gasteiger partial charge on any atom is -0.391 e. The molecule has 2 N–H and O–H groups in total. The SMILES string of the molecule is CN(C)Cc1ncc(CO)c(=O)[nH]1. The maximum atomic E-state index is 11.2. The topological polar surface area (TPSA) is 69.2 Å². The lowest BCUT2D eigenvalue weighted by molar-refractivity contribution is 0.279. The van der Waals surface area contributed by atoms with Crippen LogP contribution in [0.15, 0.2) is 11.0 Å². The van der Waals surface area contributed by atoms with Gasteiger partial charge in [0.05, 0.1) is 18.7 Å². The molecule has 0 saturated heterocycles. The van der Waals surface area contributed by atoms with Gasteiger partial charge in [-0.1, -0.05) is 0 Å². The van der Waals surface area contributed by atoms with Crippen molar-refractivity contribution in [2.24, 2.45) is 0 Å². The maximum Gasteiger partial charge on any atom is 0.256 e. The largest absolute Gasteiger partial charge is 0.391 e. The molecular formula is C8H13N3O2. The van der Waals surface area contributed by atoms with Crippen LogP contribution in [0.4, 0.5) is 0 Å². The monoisotopic (exact) mass is 183 g/mol. The Morgan fingerprint density at radius 2 is 2.31 bits per heavy atom. The van der Waals surface area contributed by atoms with Crippen LogP contribution >= 0.6 is 0 Å². The number of aliphatic hydroxyl groups is 1. The lowest BCUT2D eigenvalue weighted by Gasteiger charge is -2.07. The van der Waals surface area contributed by atoms with E-state index < -0.39 is 0 Å². The second-order valence-corrected chi connectivity index (χ2v) is 3.08. The molecule has 5 heteroatoms. The second kappa shape index (κ2) is 4.15. The fourth-order valence-corrected chi connectivity index (χ4v) is 0.951. The summed E-state index contributed by atoms with van der Waals surface area (Å²) >= 11 is 0. The Kier molecular flexibility index (Phi) is 3.16. The molecule has 0 fully saturated rings. The van der Waals surface area contributed by atoms with Gasteiger partial charge in [0.2, 0.25) is 0 Å². The molecule has 1 aromatic rings. The average Bonchev–Trinajstić information content (AvgIpc) is 2.03. The predicted octanol–water partition coefficient (Wildman–Crippen LogP) is -0.676. The summed E-state index contributed by atoms with van der Waals surface area (Å²) in [5, 5.41) is 8.72. The molecule has 0 bridgehead atoms. The zero-order chi connectivity index (χ0) is 9.84. The molecule has 13 heavy (non-hydrogen) atoms. The highest BCUT2D eigenvalue weighted by molar-refractivity contribution is 5.04. The van der Waals surface area contributed by atoms with E-state index >= 15 is 0 Å². The van der Waals surface area contributed by atoms with Crippen molar-refractivity contribution in [3.8, 4) is 0 Å². The zero-order valence-corrected chi connectivity index (χ0v) is 7.74. The normalized spacial score (nSPS) is 10.8. The van der Waals surface area contributed by atoms with Crippen LogP contribution in [0.5, 0.6) is 0 Å². The van der Waals surface area contributed by atoms with Gasteiger partial charge < -0.3 is 15.0 Å². The molecule has 0 amide bonds. The molecule has 0 atom stereocenters. The highest BCUT2D eigenvalue weighted by Crippen LogP contribution is 1.92. The minimum absolute atomic E-state index is 0.269. The van der Waals surface area contributed by atoms with Gasteiger partial charge in [-0.05, 0) is 14.1 Å². The minimum atomic E-state index is -0.273. The van der Waals surface area contributed by atoms with E-state index in [4.69, 9.17) is 5.11 Å². The molecule has 1 heterocycles. The van der Waals surface area contributed by atoms with E-state index in [1.165, 1.54) is 6.20 Å². The smallest absolute Gasteiger partial charge is 0.256 e. The van der Waals surface area contributed by atoms with Gasteiger partial charge in [0.15, 0.2) is 0 Å². The molecule has 0 aromatic carbocycles. The summed E-state index contributed by atoms with van der Waals surface area (Å²) in [5.74, 6) is 0.604.